The number of rotatable bonds is 2. The zero-order valence-corrected chi connectivity index (χ0v) is 11.5. The number of hydrogen-bond acceptors (Lipinski definition) is 4. The SMILES string of the molecule is OC(c1cc(Br)c2c(c1)OCO2)C1CCCOC1. The average Bonchev–Trinajstić information content (AvgIpc) is 2.88. The fraction of sp³-hybridized carbons (Fsp3) is 0.538. The molecule has 0 bridgehead atoms. The molecule has 2 unspecified atom stereocenters. The van der Waals surface area contributed by atoms with Gasteiger partial charge in [0.15, 0.2) is 11.5 Å². The Morgan fingerprint density at radius 2 is 2.22 bits per heavy atom. The maximum Gasteiger partial charge on any atom is 0.231 e. The van der Waals surface area contributed by atoms with Crippen LogP contribution in [0.1, 0.15) is 24.5 Å². The second-order valence-corrected chi connectivity index (χ2v) is 5.51. The second kappa shape index (κ2) is 5.07. The van der Waals surface area contributed by atoms with Crippen molar-refractivity contribution in [1.82, 2.24) is 0 Å². The lowest BCUT2D eigenvalue weighted by atomic mass is 9.91. The summed E-state index contributed by atoms with van der Waals surface area (Å²) >= 11 is 3.44. The molecule has 18 heavy (non-hydrogen) atoms. The van der Waals surface area contributed by atoms with Gasteiger partial charge in [-0.3, -0.25) is 0 Å². The summed E-state index contributed by atoms with van der Waals surface area (Å²) in [7, 11) is 0. The molecule has 98 valence electrons. The molecule has 0 radical (unpaired) electrons. The molecule has 0 spiro atoms. The van der Waals surface area contributed by atoms with E-state index in [-0.39, 0.29) is 12.7 Å². The number of fused-ring (bicyclic) bond motifs is 1. The van der Waals surface area contributed by atoms with Crippen LogP contribution in [0.2, 0.25) is 0 Å². The zero-order valence-electron chi connectivity index (χ0n) is 9.89. The van der Waals surface area contributed by atoms with E-state index in [0.717, 1.165) is 29.5 Å². The lowest BCUT2D eigenvalue weighted by Gasteiger charge is -2.27. The van der Waals surface area contributed by atoms with Gasteiger partial charge in [-0.2, -0.15) is 0 Å². The fourth-order valence-corrected chi connectivity index (χ4v) is 3.02. The maximum absolute atomic E-state index is 10.4. The van der Waals surface area contributed by atoms with E-state index in [0.29, 0.717) is 18.1 Å². The van der Waals surface area contributed by atoms with Gasteiger partial charge in [-0.1, -0.05) is 0 Å². The van der Waals surface area contributed by atoms with Crippen LogP contribution in [0, 0.1) is 5.92 Å². The summed E-state index contributed by atoms with van der Waals surface area (Å²) in [4.78, 5) is 0. The molecule has 2 heterocycles. The molecule has 5 heteroatoms. The van der Waals surface area contributed by atoms with Crippen LogP contribution in [-0.2, 0) is 4.74 Å². The van der Waals surface area contributed by atoms with E-state index in [1.165, 1.54) is 0 Å². The normalized spacial score (nSPS) is 24.0. The summed E-state index contributed by atoms with van der Waals surface area (Å²) in [5.74, 6) is 1.56. The Labute approximate surface area is 114 Å². The summed E-state index contributed by atoms with van der Waals surface area (Å²) in [5.41, 5.74) is 0.849. The van der Waals surface area contributed by atoms with Crippen LogP contribution in [0.5, 0.6) is 11.5 Å². The molecule has 4 nitrogen and oxygen atoms in total. The number of hydrogen-bond donors (Lipinski definition) is 1. The van der Waals surface area contributed by atoms with Gasteiger partial charge >= 0.3 is 0 Å². The van der Waals surface area contributed by atoms with Crippen molar-refractivity contribution in [2.75, 3.05) is 20.0 Å². The molecule has 1 aromatic rings. The van der Waals surface area contributed by atoms with Crippen LogP contribution in [0.3, 0.4) is 0 Å². The predicted octanol–water partition coefficient (Wildman–Crippen LogP) is 2.64. The van der Waals surface area contributed by atoms with Crippen molar-refractivity contribution in [1.29, 1.82) is 0 Å². The molecular weight excluding hydrogens is 300 g/mol. The Balaban J connectivity index is 1.85. The highest BCUT2D eigenvalue weighted by atomic mass is 79.9. The standard InChI is InChI=1S/C13H15BrO4/c14-10-4-9(5-11-13(10)18-7-17-11)12(15)8-2-1-3-16-6-8/h4-5,8,12,15H,1-3,6-7H2. The summed E-state index contributed by atoms with van der Waals surface area (Å²) < 4.78 is 16.9. The third kappa shape index (κ3) is 2.22. The maximum atomic E-state index is 10.4. The van der Waals surface area contributed by atoms with Gasteiger partial charge in [0.25, 0.3) is 0 Å². The van der Waals surface area contributed by atoms with Gasteiger partial charge in [0.1, 0.15) is 0 Å². The first-order valence-corrected chi connectivity index (χ1v) is 6.90. The van der Waals surface area contributed by atoms with E-state index in [2.05, 4.69) is 15.9 Å². The summed E-state index contributed by atoms with van der Waals surface area (Å²) in [6.45, 7) is 1.65. The smallest absolute Gasteiger partial charge is 0.231 e. The van der Waals surface area contributed by atoms with Gasteiger partial charge in [-0.05, 0) is 46.5 Å². The van der Waals surface area contributed by atoms with Crippen LogP contribution >= 0.6 is 15.9 Å². The number of benzene rings is 1. The molecule has 3 rings (SSSR count). The molecular formula is C13H15BrO4. The van der Waals surface area contributed by atoms with Crippen LogP contribution < -0.4 is 9.47 Å². The fourth-order valence-electron chi connectivity index (χ4n) is 2.44. The first kappa shape index (κ1) is 12.3. The van der Waals surface area contributed by atoms with Crippen molar-refractivity contribution in [3.8, 4) is 11.5 Å². The molecule has 0 aromatic heterocycles. The van der Waals surface area contributed by atoms with Crippen molar-refractivity contribution in [3.05, 3.63) is 22.2 Å². The molecule has 1 fully saturated rings. The first-order valence-electron chi connectivity index (χ1n) is 6.10. The lowest BCUT2D eigenvalue weighted by Crippen LogP contribution is -2.23. The molecule has 1 aromatic carbocycles. The highest BCUT2D eigenvalue weighted by Gasteiger charge is 2.27. The number of aliphatic hydroxyl groups excluding tert-OH is 1. The van der Waals surface area contributed by atoms with Crippen molar-refractivity contribution in [3.63, 3.8) is 0 Å². The molecule has 1 saturated heterocycles. The van der Waals surface area contributed by atoms with E-state index in [1.54, 1.807) is 0 Å². The minimum atomic E-state index is -0.518. The molecule has 0 saturated carbocycles. The Bertz CT molecular complexity index is 443. The van der Waals surface area contributed by atoms with Gasteiger partial charge in [0.05, 0.1) is 17.2 Å². The monoisotopic (exact) mass is 314 g/mol. The van der Waals surface area contributed by atoms with E-state index in [9.17, 15) is 5.11 Å². The van der Waals surface area contributed by atoms with Crippen molar-refractivity contribution in [2.45, 2.75) is 18.9 Å². The molecule has 2 aliphatic heterocycles. The van der Waals surface area contributed by atoms with Gasteiger partial charge in [-0.15, -0.1) is 0 Å². The molecule has 1 N–H and O–H groups in total. The number of aliphatic hydroxyl groups is 1. The van der Waals surface area contributed by atoms with Gasteiger partial charge in [0, 0.05) is 12.5 Å². The predicted molar refractivity (Wildman–Crippen MR) is 68.8 cm³/mol. The summed E-state index contributed by atoms with van der Waals surface area (Å²) in [5, 5.41) is 10.4. The summed E-state index contributed by atoms with van der Waals surface area (Å²) in [6, 6.07) is 3.75. The molecule has 2 atom stereocenters. The quantitative estimate of drug-likeness (QED) is 0.911. The van der Waals surface area contributed by atoms with Crippen molar-refractivity contribution in [2.24, 2.45) is 5.92 Å². The minimum Gasteiger partial charge on any atom is -0.454 e. The Morgan fingerprint density at radius 1 is 1.33 bits per heavy atom. The third-order valence-electron chi connectivity index (χ3n) is 3.43. The zero-order chi connectivity index (χ0) is 12.5. The average molecular weight is 315 g/mol. The highest BCUT2D eigenvalue weighted by molar-refractivity contribution is 9.10. The van der Waals surface area contributed by atoms with Crippen LogP contribution in [0.25, 0.3) is 0 Å². The topological polar surface area (TPSA) is 47.9 Å². The van der Waals surface area contributed by atoms with Crippen LogP contribution in [0.4, 0.5) is 0 Å². The largest absolute Gasteiger partial charge is 0.454 e. The van der Waals surface area contributed by atoms with Gasteiger partial charge < -0.3 is 19.3 Å². The molecule has 2 aliphatic rings. The molecule has 0 aliphatic carbocycles. The van der Waals surface area contributed by atoms with Crippen molar-refractivity contribution < 1.29 is 19.3 Å². The second-order valence-electron chi connectivity index (χ2n) is 4.66. The number of ether oxygens (including phenoxy) is 3. The Hall–Kier alpha value is -0.780. The van der Waals surface area contributed by atoms with Crippen LogP contribution in [0.15, 0.2) is 16.6 Å². The first-order chi connectivity index (χ1) is 8.75. The summed E-state index contributed by atoms with van der Waals surface area (Å²) in [6.07, 6.45) is 1.48. The van der Waals surface area contributed by atoms with Crippen LogP contribution in [-0.4, -0.2) is 25.1 Å². The van der Waals surface area contributed by atoms with E-state index < -0.39 is 6.10 Å². The van der Waals surface area contributed by atoms with Gasteiger partial charge in [-0.25, -0.2) is 0 Å². The third-order valence-corrected chi connectivity index (χ3v) is 4.02. The van der Waals surface area contributed by atoms with E-state index in [4.69, 9.17) is 14.2 Å². The minimum absolute atomic E-state index is 0.158. The van der Waals surface area contributed by atoms with E-state index in [1.807, 2.05) is 12.1 Å². The molecule has 0 amide bonds. The highest BCUT2D eigenvalue weighted by Crippen LogP contribution is 2.42. The Kier molecular flexibility index (Phi) is 3.46. The van der Waals surface area contributed by atoms with Crippen molar-refractivity contribution >= 4 is 15.9 Å². The lowest BCUT2D eigenvalue weighted by molar-refractivity contribution is -0.0100. The number of halogens is 1. The van der Waals surface area contributed by atoms with Gasteiger partial charge in [0.2, 0.25) is 6.79 Å². The Morgan fingerprint density at radius 3 is 3.00 bits per heavy atom. The van der Waals surface area contributed by atoms with E-state index >= 15 is 0 Å².